The SMILES string of the molecule is CCN1CC2CNCCN2c2cc(C(=O)O)ccc21. The van der Waals surface area contributed by atoms with Gasteiger partial charge in [-0.25, -0.2) is 4.79 Å². The van der Waals surface area contributed by atoms with Crippen LogP contribution in [-0.2, 0) is 0 Å². The lowest BCUT2D eigenvalue weighted by molar-refractivity contribution is 0.0697. The quantitative estimate of drug-likeness (QED) is 0.832. The van der Waals surface area contributed by atoms with Gasteiger partial charge >= 0.3 is 5.97 Å². The Kier molecular flexibility index (Phi) is 3.06. The van der Waals surface area contributed by atoms with Crippen LogP contribution in [0.5, 0.6) is 0 Å². The van der Waals surface area contributed by atoms with Crippen LogP contribution in [0.2, 0.25) is 0 Å². The fourth-order valence-corrected chi connectivity index (χ4v) is 3.05. The van der Waals surface area contributed by atoms with Gasteiger partial charge in [0.2, 0.25) is 0 Å². The number of benzene rings is 1. The van der Waals surface area contributed by atoms with Gasteiger partial charge in [0.05, 0.1) is 23.0 Å². The summed E-state index contributed by atoms with van der Waals surface area (Å²) in [4.78, 5) is 15.8. The van der Waals surface area contributed by atoms with Crippen molar-refractivity contribution in [1.29, 1.82) is 0 Å². The average molecular weight is 261 g/mol. The number of aromatic carboxylic acids is 1. The van der Waals surface area contributed by atoms with Gasteiger partial charge < -0.3 is 20.2 Å². The molecule has 3 rings (SSSR count). The van der Waals surface area contributed by atoms with Gasteiger partial charge in [-0.15, -0.1) is 0 Å². The summed E-state index contributed by atoms with van der Waals surface area (Å²) in [6.07, 6.45) is 0. The maximum atomic E-state index is 11.2. The largest absolute Gasteiger partial charge is 0.478 e. The zero-order valence-electron chi connectivity index (χ0n) is 11.1. The van der Waals surface area contributed by atoms with Crippen molar-refractivity contribution >= 4 is 17.3 Å². The van der Waals surface area contributed by atoms with Crippen molar-refractivity contribution < 1.29 is 9.90 Å². The Morgan fingerprint density at radius 1 is 1.47 bits per heavy atom. The summed E-state index contributed by atoms with van der Waals surface area (Å²) >= 11 is 0. The Morgan fingerprint density at radius 3 is 3.05 bits per heavy atom. The lowest BCUT2D eigenvalue weighted by Gasteiger charge is -2.47. The fraction of sp³-hybridized carbons (Fsp3) is 0.500. The van der Waals surface area contributed by atoms with Crippen molar-refractivity contribution in [3.05, 3.63) is 23.8 Å². The molecule has 102 valence electrons. The summed E-state index contributed by atoms with van der Waals surface area (Å²) in [7, 11) is 0. The summed E-state index contributed by atoms with van der Waals surface area (Å²) in [6.45, 7) is 6.96. The Bertz CT molecular complexity index is 503. The van der Waals surface area contributed by atoms with Crippen LogP contribution >= 0.6 is 0 Å². The Morgan fingerprint density at radius 2 is 2.32 bits per heavy atom. The molecule has 0 amide bonds. The highest BCUT2D eigenvalue weighted by molar-refractivity contribution is 5.91. The molecule has 19 heavy (non-hydrogen) atoms. The number of nitrogens with one attached hydrogen (secondary N) is 1. The van der Waals surface area contributed by atoms with E-state index in [4.69, 9.17) is 5.11 Å². The molecule has 1 saturated heterocycles. The summed E-state index contributed by atoms with van der Waals surface area (Å²) in [5.41, 5.74) is 2.60. The number of carboxylic acids is 1. The summed E-state index contributed by atoms with van der Waals surface area (Å²) in [5, 5.41) is 12.6. The van der Waals surface area contributed by atoms with Crippen molar-refractivity contribution in [3.8, 4) is 0 Å². The minimum Gasteiger partial charge on any atom is -0.478 e. The molecule has 0 radical (unpaired) electrons. The standard InChI is InChI=1S/C14H19N3O2/c1-2-16-9-11-8-15-5-6-17(11)13-7-10(14(18)19)3-4-12(13)16/h3-4,7,11,15H,2,5-6,8-9H2,1H3,(H,18,19). The molecular formula is C14H19N3O2. The van der Waals surface area contributed by atoms with E-state index in [1.165, 1.54) is 0 Å². The van der Waals surface area contributed by atoms with E-state index in [1.807, 2.05) is 12.1 Å². The molecule has 2 aliphatic heterocycles. The van der Waals surface area contributed by atoms with Crippen molar-refractivity contribution in [1.82, 2.24) is 5.32 Å². The van der Waals surface area contributed by atoms with E-state index < -0.39 is 5.97 Å². The van der Waals surface area contributed by atoms with E-state index in [9.17, 15) is 4.79 Å². The lowest BCUT2D eigenvalue weighted by Crippen LogP contribution is -2.58. The number of hydrogen-bond donors (Lipinski definition) is 2. The predicted molar refractivity (Wildman–Crippen MR) is 75.3 cm³/mol. The molecule has 1 fully saturated rings. The van der Waals surface area contributed by atoms with Crippen LogP contribution in [0.15, 0.2) is 18.2 Å². The first-order chi connectivity index (χ1) is 9.20. The number of fused-ring (bicyclic) bond motifs is 3. The highest BCUT2D eigenvalue weighted by atomic mass is 16.4. The van der Waals surface area contributed by atoms with Gasteiger partial charge in [0, 0.05) is 32.7 Å². The van der Waals surface area contributed by atoms with Crippen LogP contribution in [0.4, 0.5) is 11.4 Å². The molecule has 5 heteroatoms. The maximum Gasteiger partial charge on any atom is 0.335 e. The molecule has 2 N–H and O–H groups in total. The second-order valence-corrected chi connectivity index (χ2v) is 5.10. The first-order valence-corrected chi connectivity index (χ1v) is 6.80. The molecule has 0 aliphatic carbocycles. The number of carbonyl (C=O) groups is 1. The molecule has 0 bridgehead atoms. The maximum absolute atomic E-state index is 11.2. The number of likely N-dealkylation sites (N-methyl/N-ethyl adjacent to an activating group) is 1. The van der Waals surface area contributed by atoms with Gasteiger partial charge in [-0.05, 0) is 25.1 Å². The van der Waals surface area contributed by atoms with Crippen LogP contribution in [0.3, 0.4) is 0 Å². The molecule has 1 aromatic carbocycles. The molecule has 0 saturated carbocycles. The van der Waals surface area contributed by atoms with Crippen LogP contribution < -0.4 is 15.1 Å². The molecule has 2 aliphatic rings. The van der Waals surface area contributed by atoms with Gasteiger partial charge in [-0.2, -0.15) is 0 Å². The number of rotatable bonds is 2. The highest BCUT2D eigenvalue weighted by Gasteiger charge is 2.32. The minimum absolute atomic E-state index is 0.369. The topological polar surface area (TPSA) is 55.8 Å². The highest BCUT2D eigenvalue weighted by Crippen LogP contribution is 2.36. The number of hydrogen-bond acceptors (Lipinski definition) is 4. The smallest absolute Gasteiger partial charge is 0.335 e. The van der Waals surface area contributed by atoms with Gasteiger partial charge in [0.25, 0.3) is 0 Å². The number of anilines is 2. The second kappa shape index (κ2) is 4.74. The van der Waals surface area contributed by atoms with Crippen LogP contribution in [-0.4, -0.2) is 49.8 Å². The van der Waals surface area contributed by atoms with Crippen LogP contribution in [0, 0.1) is 0 Å². The number of carboxylic acid groups (broad SMARTS) is 1. The first-order valence-electron chi connectivity index (χ1n) is 6.80. The molecule has 2 heterocycles. The van der Waals surface area contributed by atoms with Crippen LogP contribution in [0.1, 0.15) is 17.3 Å². The van der Waals surface area contributed by atoms with E-state index >= 15 is 0 Å². The Labute approximate surface area is 112 Å². The molecule has 0 spiro atoms. The summed E-state index contributed by atoms with van der Waals surface area (Å²) in [6, 6.07) is 5.90. The van der Waals surface area contributed by atoms with E-state index in [-0.39, 0.29) is 0 Å². The molecule has 1 aromatic rings. The van der Waals surface area contributed by atoms with E-state index in [0.717, 1.165) is 44.1 Å². The summed E-state index contributed by atoms with van der Waals surface area (Å²) in [5.74, 6) is -0.858. The molecular weight excluding hydrogens is 242 g/mol. The third kappa shape index (κ3) is 2.04. The minimum atomic E-state index is -0.858. The van der Waals surface area contributed by atoms with Gasteiger partial charge in [-0.3, -0.25) is 0 Å². The first kappa shape index (κ1) is 12.3. The fourth-order valence-electron chi connectivity index (χ4n) is 3.05. The predicted octanol–water partition coefficient (Wildman–Crippen LogP) is 1.00. The van der Waals surface area contributed by atoms with Gasteiger partial charge in [-0.1, -0.05) is 0 Å². The third-order valence-electron chi connectivity index (χ3n) is 4.04. The number of piperazine rings is 1. The molecule has 5 nitrogen and oxygen atoms in total. The molecule has 0 aromatic heterocycles. The normalized spacial score (nSPS) is 21.8. The van der Waals surface area contributed by atoms with E-state index in [2.05, 4.69) is 22.0 Å². The van der Waals surface area contributed by atoms with Crippen molar-refractivity contribution in [2.75, 3.05) is 42.5 Å². The molecule has 1 atom stereocenters. The van der Waals surface area contributed by atoms with Crippen molar-refractivity contribution in [2.24, 2.45) is 0 Å². The van der Waals surface area contributed by atoms with E-state index in [0.29, 0.717) is 11.6 Å². The van der Waals surface area contributed by atoms with Gasteiger partial charge in [0.15, 0.2) is 0 Å². The zero-order valence-corrected chi connectivity index (χ0v) is 11.1. The van der Waals surface area contributed by atoms with Crippen molar-refractivity contribution in [3.63, 3.8) is 0 Å². The van der Waals surface area contributed by atoms with E-state index in [1.54, 1.807) is 6.07 Å². The third-order valence-corrected chi connectivity index (χ3v) is 4.04. The number of nitrogens with zero attached hydrogens (tertiary/aromatic N) is 2. The monoisotopic (exact) mass is 261 g/mol. The average Bonchev–Trinajstić information content (AvgIpc) is 2.45. The Balaban J connectivity index is 2.06. The molecule has 1 unspecified atom stereocenters. The summed E-state index contributed by atoms with van der Waals surface area (Å²) < 4.78 is 0. The lowest BCUT2D eigenvalue weighted by atomic mass is 10.0. The van der Waals surface area contributed by atoms with Crippen molar-refractivity contribution in [2.45, 2.75) is 13.0 Å². The van der Waals surface area contributed by atoms with Crippen LogP contribution in [0.25, 0.3) is 0 Å². The Hall–Kier alpha value is -1.75. The zero-order chi connectivity index (χ0) is 13.4. The van der Waals surface area contributed by atoms with Gasteiger partial charge in [0.1, 0.15) is 0 Å². The second-order valence-electron chi connectivity index (χ2n) is 5.10.